The minimum Gasteiger partial charge on any atom is -0.395 e. The molecule has 1 rings (SSSR count). The number of ether oxygens (including phenoxy) is 1. The fourth-order valence-electron chi connectivity index (χ4n) is 1.63. The van der Waals surface area contributed by atoms with Gasteiger partial charge in [-0.2, -0.15) is 0 Å². The minimum atomic E-state index is 0.212. The molecule has 1 unspecified atom stereocenters. The molecule has 1 fully saturated rings. The highest BCUT2D eigenvalue weighted by atomic mass is 16.5. The van der Waals surface area contributed by atoms with Gasteiger partial charge < -0.3 is 9.84 Å². The first-order valence-corrected chi connectivity index (χ1v) is 5.45. The van der Waals surface area contributed by atoms with Crippen molar-refractivity contribution < 1.29 is 9.84 Å². The molecule has 0 saturated carbocycles. The van der Waals surface area contributed by atoms with Crippen LogP contribution in [0, 0.1) is 5.41 Å². The standard InChI is InChI=1S/C11H23NO2/c1-11(2,3)4-5-12-6-7-14-9-10(12)8-13/h10,13H,4-9H2,1-3H3. The predicted octanol–water partition coefficient (Wildman–Crippen LogP) is 1.12. The smallest absolute Gasteiger partial charge is 0.0644 e. The van der Waals surface area contributed by atoms with Gasteiger partial charge in [0.25, 0.3) is 0 Å². The van der Waals surface area contributed by atoms with Crippen molar-refractivity contribution in [3.63, 3.8) is 0 Å². The van der Waals surface area contributed by atoms with E-state index in [0.717, 1.165) is 19.7 Å². The van der Waals surface area contributed by atoms with Crippen LogP contribution in [-0.4, -0.2) is 49.0 Å². The van der Waals surface area contributed by atoms with Gasteiger partial charge in [0, 0.05) is 6.54 Å². The molecule has 14 heavy (non-hydrogen) atoms. The summed E-state index contributed by atoms with van der Waals surface area (Å²) in [6.07, 6.45) is 1.17. The molecule has 0 aromatic heterocycles. The SMILES string of the molecule is CC(C)(C)CCN1CCOCC1CO. The van der Waals surface area contributed by atoms with Crippen LogP contribution in [-0.2, 0) is 4.74 Å². The zero-order chi connectivity index (χ0) is 10.6. The molecule has 0 amide bonds. The molecule has 0 radical (unpaired) electrons. The summed E-state index contributed by atoms with van der Waals surface area (Å²) in [6, 6.07) is 0.214. The average Bonchev–Trinajstić information content (AvgIpc) is 2.14. The second kappa shape index (κ2) is 5.10. The molecule has 0 aliphatic carbocycles. The Morgan fingerprint density at radius 2 is 2.14 bits per heavy atom. The van der Waals surface area contributed by atoms with Crippen molar-refractivity contribution in [2.24, 2.45) is 5.41 Å². The van der Waals surface area contributed by atoms with Gasteiger partial charge in [0.1, 0.15) is 0 Å². The summed E-state index contributed by atoms with van der Waals surface area (Å²) in [5, 5.41) is 9.17. The van der Waals surface area contributed by atoms with Gasteiger partial charge in [-0.3, -0.25) is 4.90 Å². The number of rotatable bonds is 3. The zero-order valence-corrected chi connectivity index (χ0v) is 9.62. The number of hydrogen-bond donors (Lipinski definition) is 1. The monoisotopic (exact) mass is 201 g/mol. The lowest BCUT2D eigenvalue weighted by atomic mass is 9.92. The second-order valence-electron chi connectivity index (χ2n) is 5.26. The Kier molecular flexibility index (Phi) is 4.35. The molecule has 0 aromatic carbocycles. The summed E-state index contributed by atoms with van der Waals surface area (Å²) < 4.78 is 5.33. The van der Waals surface area contributed by atoms with E-state index in [9.17, 15) is 0 Å². The number of hydrogen-bond acceptors (Lipinski definition) is 3. The maximum atomic E-state index is 9.17. The first-order chi connectivity index (χ1) is 6.53. The lowest BCUT2D eigenvalue weighted by Gasteiger charge is -2.36. The Morgan fingerprint density at radius 1 is 1.43 bits per heavy atom. The van der Waals surface area contributed by atoms with Gasteiger partial charge >= 0.3 is 0 Å². The van der Waals surface area contributed by atoms with Crippen LogP contribution in [0.1, 0.15) is 27.2 Å². The molecule has 1 N–H and O–H groups in total. The topological polar surface area (TPSA) is 32.7 Å². The molecule has 0 bridgehead atoms. The fraction of sp³-hybridized carbons (Fsp3) is 1.00. The van der Waals surface area contributed by atoms with E-state index in [-0.39, 0.29) is 12.6 Å². The lowest BCUT2D eigenvalue weighted by molar-refractivity contribution is -0.0307. The van der Waals surface area contributed by atoms with Gasteiger partial charge in [-0.25, -0.2) is 0 Å². The van der Waals surface area contributed by atoms with Crippen LogP contribution in [0.3, 0.4) is 0 Å². The quantitative estimate of drug-likeness (QED) is 0.742. The molecule has 3 heteroatoms. The first-order valence-electron chi connectivity index (χ1n) is 5.45. The predicted molar refractivity (Wildman–Crippen MR) is 57.3 cm³/mol. The molecule has 0 aromatic rings. The Morgan fingerprint density at radius 3 is 2.71 bits per heavy atom. The van der Waals surface area contributed by atoms with E-state index >= 15 is 0 Å². The largest absolute Gasteiger partial charge is 0.395 e. The Balaban J connectivity index is 2.33. The molecule has 0 spiro atoms. The third-order valence-electron chi connectivity index (χ3n) is 2.71. The highest BCUT2D eigenvalue weighted by Gasteiger charge is 2.23. The molecular formula is C11H23NO2. The van der Waals surface area contributed by atoms with E-state index in [1.807, 2.05) is 0 Å². The number of nitrogens with zero attached hydrogens (tertiary/aromatic N) is 1. The Labute approximate surface area is 87.1 Å². The molecule has 1 saturated heterocycles. The summed E-state index contributed by atoms with van der Waals surface area (Å²) in [4.78, 5) is 2.34. The Hall–Kier alpha value is -0.120. The van der Waals surface area contributed by atoms with Gasteiger partial charge in [-0.05, 0) is 18.4 Å². The van der Waals surface area contributed by atoms with Gasteiger partial charge in [-0.1, -0.05) is 20.8 Å². The van der Waals surface area contributed by atoms with Crippen molar-refractivity contribution in [2.45, 2.75) is 33.2 Å². The van der Waals surface area contributed by atoms with Crippen molar-refractivity contribution in [1.29, 1.82) is 0 Å². The minimum absolute atomic E-state index is 0.212. The molecule has 1 aliphatic heterocycles. The van der Waals surface area contributed by atoms with Crippen molar-refractivity contribution in [1.82, 2.24) is 4.90 Å². The molecule has 1 aliphatic rings. The van der Waals surface area contributed by atoms with Crippen molar-refractivity contribution in [3.05, 3.63) is 0 Å². The third-order valence-corrected chi connectivity index (χ3v) is 2.71. The van der Waals surface area contributed by atoms with Gasteiger partial charge in [0.15, 0.2) is 0 Å². The highest BCUT2D eigenvalue weighted by molar-refractivity contribution is 4.76. The summed E-state index contributed by atoms with van der Waals surface area (Å²) in [6.45, 7) is 10.5. The maximum Gasteiger partial charge on any atom is 0.0644 e. The molecule has 1 atom stereocenters. The van der Waals surface area contributed by atoms with Crippen molar-refractivity contribution in [2.75, 3.05) is 32.9 Å². The van der Waals surface area contributed by atoms with Crippen LogP contribution in [0.2, 0.25) is 0 Å². The first kappa shape index (κ1) is 12.0. The lowest BCUT2D eigenvalue weighted by Crippen LogP contribution is -2.48. The van der Waals surface area contributed by atoms with Gasteiger partial charge in [0.05, 0.1) is 25.9 Å². The summed E-state index contributed by atoms with van der Waals surface area (Å²) >= 11 is 0. The summed E-state index contributed by atoms with van der Waals surface area (Å²) in [7, 11) is 0. The van der Waals surface area contributed by atoms with E-state index in [2.05, 4.69) is 25.7 Å². The van der Waals surface area contributed by atoms with Gasteiger partial charge in [-0.15, -0.1) is 0 Å². The van der Waals surface area contributed by atoms with Crippen LogP contribution in [0.15, 0.2) is 0 Å². The number of aliphatic hydroxyl groups is 1. The highest BCUT2D eigenvalue weighted by Crippen LogP contribution is 2.20. The van der Waals surface area contributed by atoms with Crippen LogP contribution < -0.4 is 0 Å². The van der Waals surface area contributed by atoms with Crippen LogP contribution in [0.5, 0.6) is 0 Å². The van der Waals surface area contributed by atoms with E-state index in [4.69, 9.17) is 9.84 Å². The van der Waals surface area contributed by atoms with Crippen molar-refractivity contribution >= 4 is 0 Å². The zero-order valence-electron chi connectivity index (χ0n) is 9.62. The second-order valence-corrected chi connectivity index (χ2v) is 5.26. The van der Waals surface area contributed by atoms with Crippen molar-refractivity contribution in [3.8, 4) is 0 Å². The summed E-state index contributed by atoms with van der Waals surface area (Å²) in [5.74, 6) is 0. The molecular weight excluding hydrogens is 178 g/mol. The molecule has 84 valence electrons. The van der Waals surface area contributed by atoms with E-state index < -0.39 is 0 Å². The van der Waals surface area contributed by atoms with Crippen LogP contribution in [0.4, 0.5) is 0 Å². The molecule has 1 heterocycles. The van der Waals surface area contributed by atoms with Crippen LogP contribution >= 0.6 is 0 Å². The molecule has 3 nitrogen and oxygen atoms in total. The van der Waals surface area contributed by atoms with E-state index in [0.29, 0.717) is 12.0 Å². The Bertz CT molecular complexity index is 165. The van der Waals surface area contributed by atoms with Gasteiger partial charge in [0.2, 0.25) is 0 Å². The number of morpholine rings is 1. The maximum absolute atomic E-state index is 9.17. The average molecular weight is 201 g/mol. The van der Waals surface area contributed by atoms with E-state index in [1.54, 1.807) is 0 Å². The van der Waals surface area contributed by atoms with Crippen LogP contribution in [0.25, 0.3) is 0 Å². The number of aliphatic hydroxyl groups excluding tert-OH is 1. The normalized spacial score (nSPS) is 25.3. The fourth-order valence-corrected chi connectivity index (χ4v) is 1.63. The van der Waals surface area contributed by atoms with E-state index in [1.165, 1.54) is 6.42 Å². The third kappa shape index (κ3) is 3.95. The summed E-state index contributed by atoms with van der Waals surface area (Å²) in [5.41, 5.74) is 0.373.